The first-order valence-corrected chi connectivity index (χ1v) is 8.04. The van der Waals surface area contributed by atoms with Crippen molar-refractivity contribution in [2.45, 2.75) is 51.7 Å². The fraction of sp³-hybridized carbons (Fsp3) is 0.533. The van der Waals surface area contributed by atoms with Crippen molar-refractivity contribution in [3.8, 4) is 0 Å². The van der Waals surface area contributed by atoms with E-state index in [0.29, 0.717) is 12.6 Å². The molecule has 0 aliphatic heterocycles. The number of nitrogens with zero attached hydrogens (tertiary/aromatic N) is 2. The average Bonchev–Trinajstić information content (AvgIpc) is 3.11. The average molecular weight is 293 g/mol. The van der Waals surface area contributed by atoms with Crippen LogP contribution in [0.15, 0.2) is 18.2 Å². The van der Waals surface area contributed by atoms with Gasteiger partial charge in [-0.25, -0.2) is 0 Å². The highest BCUT2D eigenvalue weighted by atomic mass is 32.1. The Hall–Kier alpha value is -1.20. The molecule has 1 N–H and O–H groups in total. The highest BCUT2D eigenvalue weighted by Crippen LogP contribution is 2.30. The Bertz CT molecular complexity index is 569. The lowest BCUT2D eigenvalue weighted by molar-refractivity contribution is 0.440. The molecule has 2 aromatic heterocycles. The number of nitrogens with one attached hydrogen (secondary N) is 1. The van der Waals surface area contributed by atoms with Crippen LogP contribution in [-0.4, -0.2) is 9.78 Å². The molecule has 0 atom stereocenters. The normalized spacial score (nSPS) is 16.1. The highest BCUT2D eigenvalue weighted by molar-refractivity contribution is 7.10. The van der Waals surface area contributed by atoms with Gasteiger partial charge in [0.25, 0.3) is 0 Å². The number of hydrogen-bond donors (Lipinski definition) is 1. The fourth-order valence-electron chi connectivity index (χ4n) is 2.93. The van der Waals surface area contributed by atoms with Crippen molar-refractivity contribution in [3.05, 3.63) is 39.6 Å². The van der Waals surface area contributed by atoms with Crippen molar-refractivity contribution in [2.24, 2.45) is 0 Å². The van der Waals surface area contributed by atoms with Crippen LogP contribution in [0, 0.1) is 12.1 Å². The molecule has 20 heavy (non-hydrogen) atoms. The molecule has 0 saturated heterocycles. The van der Waals surface area contributed by atoms with Crippen molar-refractivity contribution >= 4 is 11.3 Å². The van der Waals surface area contributed by atoms with Gasteiger partial charge in [-0.1, -0.05) is 12.8 Å². The van der Waals surface area contributed by atoms with Crippen LogP contribution in [0.2, 0.25) is 0 Å². The number of hydrogen-bond acceptors (Lipinski definition) is 3. The number of halogens is 1. The second kappa shape index (κ2) is 6.06. The predicted octanol–water partition coefficient (Wildman–Crippen LogP) is 3.80. The number of aryl methyl sites for hydroxylation is 1. The summed E-state index contributed by atoms with van der Waals surface area (Å²) in [5.41, 5.74) is 2.32. The number of thiophene rings is 1. The summed E-state index contributed by atoms with van der Waals surface area (Å²) < 4.78 is 15.1. The molecule has 0 amide bonds. The Kier molecular flexibility index (Phi) is 4.17. The topological polar surface area (TPSA) is 29.9 Å². The van der Waals surface area contributed by atoms with E-state index < -0.39 is 0 Å². The Labute approximate surface area is 122 Å². The van der Waals surface area contributed by atoms with Crippen molar-refractivity contribution in [1.82, 2.24) is 15.1 Å². The molecule has 0 radical (unpaired) electrons. The molecule has 1 saturated carbocycles. The predicted molar refractivity (Wildman–Crippen MR) is 79.3 cm³/mol. The van der Waals surface area contributed by atoms with Crippen LogP contribution in [-0.2, 0) is 13.1 Å². The largest absolute Gasteiger partial charge is 0.306 e. The lowest BCUT2D eigenvalue weighted by atomic mass is 10.2. The van der Waals surface area contributed by atoms with Gasteiger partial charge >= 0.3 is 0 Å². The highest BCUT2D eigenvalue weighted by Gasteiger charge is 2.20. The quantitative estimate of drug-likeness (QED) is 0.909. The van der Waals surface area contributed by atoms with E-state index in [4.69, 9.17) is 0 Å². The third-order valence-corrected chi connectivity index (χ3v) is 4.71. The zero-order chi connectivity index (χ0) is 13.9. The van der Waals surface area contributed by atoms with Crippen molar-refractivity contribution in [3.63, 3.8) is 0 Å². The summed E-state index contributed by atoms with van der Waals surface area (Å²) >= 11 is 1.21. The third kappa shape index (κ3) is 3.10. The minimum absolute atomic E-state index is 0.117. The Morgan fingerprint density at radius 1 is 1.35 bits per heavy atom. The van der Waals surface area contributed by atoms with Crippen LogP contribution in [0.5, 0.6) is 0 Å². The fourth-order valence-corrected chi connectivity index (χ4v) is 3.62. The monoisotopic (exact) mass is 293 g/mol. The summed E-state index contributed by atoms with van der Waals surface area (Å²) in [5.74, 6) is 0. The van der Waals surface area contributed by atoms with Crippen LogP contribution in [0.1, 0.15) is 48.0 Å². The maximum absolute atomic E-state index is 12.9. The Balaban J connectivity index is 1.62. The van der Waals surface area contributed by atoms with Gasteiger partial charge in [0.15, 0.2) is 5.13 Å². The van der Waals surface area contributed by atoms with Gasteiger partial charge in [-0.2, -0.15) is 9.49 Å². The minimum Gasteiger partial charge on any atom is -0.306 e. The van der Waals surface area contributed by atoms with Crippen molar-refractivity contribution < 1.29 is 4.39 Å². The maximum atomic E-state index is 12.9. The third-order valence-electron chi connectivity index (χ3n) is 3.84. The summed E-state index contributed by atoms with van der Waals surface area (Å²) in [6, 6.07) is 6.08. The Morgan fingerprint density at radius 3 is 2.85 bits per heavy atom. The van der Waals surface area contributed by atoms with Gasteiger partial charge in [-0.05, 0) is 38.0 Å². The summed E-state index contributed by atoms with van der Waals surface area (Å²) in [7, 11) is 0. The van der Waals surface area contributed by atoms with E-state index in [1.807, 2.05) is 13.0 Å². The molecular weight excluding hydrogens is 273 g/mol. The van der Waals surface area contributed by atoms with Crippen LogP contribution in [0.3, 0.4) is 0 Å². The first-order chi connectivity index (χ1) is 9.72. The van der Waals surface area contributed by atoms with Crippen LogP contribution in [0.25, 0.3) is 0 Å². The summed E-state index contributed by atoms with van der Waals surface area (Å²) in [4.78, 5) is 1.03. The molecule has 0 bridgehead atoms. The van der Waals surface area contributed by atoms with Crippen LogP contribution < -0.4 is 5.32 Å². The second-order valence-corrected chi connectivity index (χ2v) is 6.59. The van der Waals surface area contributed by atoms with Crippen LogP contribution >= 0.6 is 11.3 Å². The van der Waals surface area contributed by atoms with E-state index in [2.05, 4.69) is 21.2 Å². The van der Waals surface area contributed by atoms with Gasteiger partial charge in [0.05, 0.1) is 17.4 Å². The summed E-state index contributed by atoms with van der Waals surface area (Å²) in [6.45, 7) is 3.55. The molecule has 3 nitrogen and oxygen atoms in total. The summed E-state index contributed by atoms with van der Waals surface area (Å²) in [6.07, 6.45) is 5.10. The van der Waals surface area contributed by atoms with Gasteiger partial charge in [-0.15, -0.1) is 11.3 Å². The lowest BCUT2D eigenvalue weighted by Crippen LogP contribution is -2.18. The van der Waals surface area contributed by atoms with Gasteiger partial charge in [0, 0.05) is 18.0 Å². The van der Waals surface area contributed by atoms with Gasteiger partial charge in [0.1, 0.15) is 0 Å². The molecule has 2 aromatic rings. The minimum atomic E-state index is -0.117. The van der Waals surface area contributed by atoms with Crippen molar-refractivity contribution in [1.29, 1.82) is 0 Å². The molecule has 108 valence electrons. The molecule has 5 heteroatoms. The molecule has 1 aliphatic carbocycles. The lowest BCUT2D eigenvalue weighted by Gasteiger charge is -2.14. The standard InChI is InChI=1S/C15H20FN3S/c1-11-8-13(19(18-11)12-4-2-3-5-12)9-17-10-14-6-7-15(16)20-14/h6-8,12,17H,2-5,9-10H2,1H3. The summed E-state index contributed by atoms with van der Waals surface area (Å²) in [5, 5.41) is 7.92. The van der Waals surface area contributed by atoms with Gasteiger partial charge < -0.3 is 5.32 Å². The van der Waals surface area contributed by atoms with E-state index in [9.17, 15) is 4.39 Å². The van der Waals surface area contributed by atoms with E-state index in [1.54, 1.807) is 0 Å². The van der Waals surface area contributed by atoms with E-state index >= 15 is 0 Å². The first-order valence-electron chi connectivity index (χ1n) is 7.22. The molecule has 2 heterocycles. The van der Waals surface area contributed by atoms with Crippen LogP contribution in [0.4, 0.5) is 4.39 Å². The zero-order valence-corrected chi connectivity index (χ0v) is 12.5. The number of rotatable bonds is 5. The van der Waals surface area contributed by atoms with E-state index in [0.717, 1.165) is 17.1 Å². The molecule has 0 spiro atoms. The molecule has 1 aliphatic rings. The van der Waals surface area contributed by atoms with E-state index in [-0.39, 0.29) is 5.13 Å². The number of aromatic nitrogens is 2. The first kappa shape index (κ1) is 13.8. The SMILES string of the molecule is Cc1cc(CNCc2ccc(F)s2)n(C2CCCC2)n1. The maximum Gasteiger partial charge on any atom is 0.176 e. The molecule has 1 fully saturated rings. The molecule has 0 unspecified atom stereocenters. The Morgan fingerprint density at radius 2 is 2.15 bits per heavy atom. The van der Waals surface area contributed by atoms with Gasteiger partial charge in [-0.3, -0.25) is 4.68 Å². The smallest absolute Gasteiger partial charge is 0.176 e. The van der Waals surface area contributed by atoms with Crippen molar-refractivity contribution in [2.75, 3.05) is 0 Å². The molecule has 3 rings (SSSR count). The van der Waals surface area contributed by atoms with E-state index in [1.165, 1.54) is 48.8 Å². The zero-order valence-electron chi connectivity index (χ0n) is 11.7. The second-order valence-electron chi connectivity index (χ2n) is 5.47. The molecular formula is C15H20FN3S. The van der Waals surface area contributed by atoms with Gasteiger partial charge in [0.2, 0.25) is 0 Å². The molecule has 0 aromatic carbocycles.